The van der Waals surface area contributed by atoms with Crippen LogP contribution in [-0.4, -0.2) is 21.8 Å². The van der Waals surface area contributed by atoms with Crippen molar-refractivity contribution >= 4 is 34.6 Å². The Morgan fingerprint density at radius 3 is 2.59 bits per heavy atom. The average Bonchev–Trinajstić information content (AvgIpc) is 3.27. The van der Waals surface area contributed by atoms with Gasteiger partial charge in [0.05, 0.1) is 11.0 Å². The predicted molar refractivity (Wildman–Crippen MR) is 105 cm³/mol. The Bertz CT molecular complexity index is 950. The number of fused-ring (bicyclic) bond motifs is 1. The van der Waals surface area contributed by atoms with Crippen LogP contribution in [0.1, 0.15) is 29.3 Å². The predicted octanol–water partition coefficient (Wildman–Crippen LogP) is 3.27. The summed E-state index contributed by atoms with van der Waals surface area (Å²) < 4.78 is 0. The fourth-order valence-corrected chi connectivity index (χ4v) is 3.71. The molecule has 7 heteroatoms. The van der Waals surface area contributed by atoms with Crippen LogP contribution in [0.4, 0.5) is 0 Å². The van der Waals surface area contributed by atoms with Gasteiger partial charge in [0, 0.05) is 17.2 Å². The molecule has 1 aromatic heterocycles. The maximum Gasteiger partial charge on any atom is 0.269 e. The van der Waals surface area contributed by atoms with Gasteiger partial charge < -0.3 is 4.98 Å². The Kier molecular flexibility index (Phi) is 4.85. The lowest BCUT2D eigenvalue weighted by Gasteiger charge is -2.07. The van der Waals surface area contributed by atoms with E-state index in [2.05, 4.69) is 20.8 Å². The summed E-state index contributed by atoms with van der Waals surface area (Å²) in [4.78, 5) is 31.7. The number of nitrogens with zero attached hydrogens (tertiary/aromatic N) is 1. The van der Waals surface area contributed by atoms with Crippen LogP contribution in [0.3, 0.4) is 0 Å². The third-order valence-electron chi connectivity index (χ3n) is 4.70. The molecular weight excluding hydrogens is 360 g/mol. The second-order valence-corrected chi connectivity index (χ2v) is 7.77. The topological polar surface area (TPSA) is 86.9 Å². The molecule has 1 aliphatic rings. The quantitative estimate of drug-likeness (QED) is 0.468. The Balaban J connectivity index is 1.30. The van der Waals surface area contributed by atoms with E-state index < -0.39 is 0 Å². The number of hydrogen-bond acceptors (Lipinski definition) is 4. The summed E-state index contributed by atoms with van der Waals surface area (Å²) in [6.45, 7) is 2.02. The average molecular weight is 380 g/mol. The smallest absolute Gasteiger partial charge is 0.269 e. The number of hydrazine groups is 1. The van der Waals surface area contributed by atoms with E-state index in [1.807, 2.05) is 43.3 Å². The molecule has 0 saturated heterocycles. The van der Waals surface area contributed by atoms with Crippen LogP contribution in [0.25, 0.3) is 11.0 Å². The number of aromatic nitrogens is 2. The standard InChI is InChI=1S/C20H20N4O2S/c1-12-10-15(12)19(26)24-23-18(25)14-8-6-13(7-9-14)11-27-20-21-16-4-2-3-5-17(16)22-20/h2-9,12,15H,10-11H2,1H3,(H,21,22)(H,23,25)(H,24,26). The lowest BCUT2D eigenvalue weighted by molar-refractivity contribution is -0.123. The van der Waals surface area contributed by atoms with Crippen molar-refractivity contribution < 1.29 is 9.59 Å². The fraction of sp³-hybridized carbons (Fsp3) is 0.250. The minimum atomic E-state index is -0.312. The number of amides is 2. The zero-order valence-electron chi connectivity index (χ0n) is 14.9. The first-order valence-electron chi connectivity index (χ1n) is 8.87. The monoisotopic (exact) mass is 380 g/mol. The van der Waals surface area contributed by atoms with E-state index in [-0.39, 0.29) is 17.7 Å². The van der Waals surface area contributed by atoms with Crippen LogP contribution in [0.15, 0.2) is 53.7 Å². The molecule has 4 rings (SSSR count). The van der Waals surface area contributed by atoms with Gasteiger partial charge in [-0.2, -0.15) is 0 Å². The minimum Gasteiger partial charge on any atom is -0.333 e. The second-order valence-electron chi connectivity index (χ2n) is 6.81. The maximum atomic E-state index is 12.1. The number of imidazole rings is 1. The Hall–Kier alpha value is -2.80. The fourth-order valence-electron chi connectivity index (χ4n) is 2.87. The van der Waals surface area contributed by atoms with Crippen molar-refractivity contribution in [3.05, 3.63) is 59.7 Å². The summed E-state index contributed by atoms with van der Waals surface area (Å²) in [5.74, 6) is 0.758. The van der Waals surface area contributed by atoms with E-state index in [1.165, 1.54) is 0 Å². The first-order valence-corrected chi connectivity index (χ1v) is 9.85. The third kappa shape index (κ3) is 4.14. The molecule has 2 atom stereocenters. The maximum absolute atomic E-state index is 12.1. The van der Waals surface area contributed by atoms with Crippen molar-refractivity contribution in [1.29, 1.82) is 0 Å². The van der Waals surface area contributed by atoms with Crippen LogP contribution >= 0.6 is 11.8 Å². The molecule has 1 saturated carbocycles. The van der Waals surface area contributed by atoms with Crippen molar-refractivity contribution in [2.24, 2.45) is 11.8 Å². The van der Waals surface area contributed by atoms with Gasteiger partial charge in [-0.15, -0.1) is 0 Å². The molecule has 138 valence electrons. The molecule has 0 radical (unpaired) electrons. The number of hydrogen-bond donors (Lipinski definition) is 3. The van der Waals surface area contributed by atoms with Gasteiger partial charge in [0.2, 0.25) is 5.91 Å². The number of thioether (sulfide) groups is 1. The zero-order valence-corrected chi connectivity index (χ0v) is 15.7. The van der Waals surface area contributed by atoms with Gasteiger partial charge in [-0.1, -0.05) is 43.0 Å². The van der Waals surface area contributed by atoms with Crippen LogP contribution in [0.5, 0.6) is 0 Å². The van der Waals surface area contributed by atoms with Gasteiger partial charge in [0.15, 0.2) is 5.16 Å². The molecule has 6 nitrogen and oxygen atoms in total. The van der Waals surface area contributed by atoms with Crippen molar-refractivity contribution in [2.45, 2.75) is 24.3 Å². The lowest BCUT2D eigenvalue weighted by atomic mass is 10.1. The Morgan fingerprint density at radius 2 is 1.89 bits per heavy atom. The first kappa shape index (κ1) is 17.6. The number of benzene rings is 2. The van der Waals surface area contributed by atoms with E-state index in [1.54, 1.807) is 23.9 Å². The number of para-hydroxylation sites is 2. The minimum absolute atomic E-state index is 0.0305. The summed E-state index contributed by atoms with van der Waals surface area (Å²) in [5.41, 5.74) is 8.54. The molecule has 3 N–H and O–H groups in total. The van der Waals surface area contributed by atoms with Crippen molar-refractivity contribution in [1.82, 2.24) is 20.8 Å². The van der Waals surface area contributed by atoms with Crippen molar-refractivity contribution in [2.75, 3.05) is 0 Å². The molecule has 2 aromatic carbocycles. The number of H-pyrrole nitrogens is 1. The summed E-state index contributed by atoms with van der Waals surface area (Å²) in [6.07, 6.45) is 0.888. The summed E-state index contributed by atoms with van der Waals surface area (Å²) in [5, 5.41) is 0.870. The Labute approximate surface area is 161 Å². The van der Waals surface area contributed by atoms with E-state index in [0.717, 1.165) is 33.9 Å². The van der Waals surface area contributed by atoms with Crippen molar-refractivity contribution in [3.8, 4) is 0 Å². The lowest BCUT2D eigenvalue weighted by Crippen LogP contribution is -2.42. The molecule has 2 amide bonds. The highest BCUT2D eigenvalue weighted by Gasteiger charge is 2.39. The van der Waals surface area contributed by atoms with Crippen molar-refractivity contribution in [3.63, 3.8) is 0 Å². The first-order chi connectivity index (χ1) is 13.1. The summed E-state index contributed by atoms with van der Waals surface area (Å²) in [6, 6.07) is 15.3. The number of carbonyl (C=O) groups is 2. The highest BCUT2D eigenvalue weighted by molar-refractivity contribution is 7.98. The molecule has 3 aromatic rings. The van der Waals surface area contributed by atoms with Gasteiger partial charge >= 0.3 is 0 Å². The summed E-state index contributed by atoms with van der Waals surface area (Å²) >= 11 is 1.61. The number of nitrogens with one attached hydrogen (secondary N) is 3. The normalized spacial score (nSPS) is 18.3. The molecular formula is C20H20N4O2S. The summed E-state index contributed by atoms with van der Waals surface area (Å²) in [7, 11) is 0. The molecule has 0 bridgehead atoms. The van der Waals surface area contributed by atoms with Gasteiger partial charge in [-0.3, -0.25) is 20.4 Å². The van der Waals surface area contributed by atoms with E-state index in [0.29, 0.717) is 11.5 Å². The number of aromatic amines is 1. The van der Waals surface area contributed by atoms with Gasteiger partial charge in [0.1, 0.15) is 0 Å². The highest BCUT2D eigenvalue weighted by Crippen LogP contribution is 2.37. The molecule has 0 aliphatic heterocycles. The van der Waals surface area contributed by atoms with Gasteiger partial charge in [0.25, 0.3) is 5.91 Å². The number of rotatable bonds is 5. The van der Waals surface area contributed by atoms with Gasteiger partial charge in [-0.25, -0.2) is 4.98 Å². The molecule has 27 heavy (non-hydrogen) atoms. The second kappa shape index (κ2) is 7.44. The van der Waals surface area contributed by atoms with Crippen LogP contribution in [0.2, 0.25) is 0 Å². The van der Waals surface area contributed by atoms with E-state index in [4.69, 9.17) is 0 Å². The molecule has 2 unspecified atom stereocenters. The Morgan fingerprint density at radius 1 is 1.15 bits per heavy atom. The molecule has 1 aliphatic carbocycles. The SMILES string of the molecule is CC1CC1C(=O)NNC(=O)c1ccc(CSc2nc3ccccc3[nH]2)cc1. The molecule has 1 heterocycles. The zero-order chi connectivity index (χ0) is 18.8. The number of carbonyl (C=O) groups excluding carboxylic acids is 2. The van der Waals surface area contributed by atoms with E-state index >= 15 is 0 Å². The van der Waals surface area contributed by atoms with Gasteiger partial charge in [-0.05, 0) is 42.2 Å². The molecule has 1 fully saturated rings. The van der Waals surface area contributed by atoms with Crippen LogP contribution in [0, 0.1) is 11.8 Å². The third-order valence-corrected chi connectivity index (χ3v) is 5.65. The van der Waals surface area contributed by atoms with Crippen LogP contribution in [-0.2, 0) is 10.5 Å². The van der Waals surface area contributed by atoms with E-state index in [9.17, 15) is 9.59 Å². The largest absolute Gasteiger partial charge is 0.333 e. The highest BCUT2D eigenvalue weighted by atomic mass is 32.2. The molecule has 0 spiro atoms. The van der Waals surface area contributed by atoms with Crippen LogP contribution < -0.4 is 10.9 Å².